The van der Waals surface area contributed by atoms with Crippen LogP contribution < -0.4 is 0 Å². The van der Waals surface area contributed by atoms with E-state index >= 15 is 0 Å². The Balaban J connectivity index is 1.53. The van der Waals surface area contributed by atoms with Crippen molar-refractivity contribution in [1.29, 1.82) is 0 Å². The lowest BCUT2D eigenvalue weighted by Crippen LogP contribution is -2.54. The van der Waals surface area contributed by atoms with Gasteiger partial charge in [-0.3, -0.25) is 0 Å². The minimum atomic E-state index is -1.49. The second-order valence-corrected chi connectivity index (χ2v) is 22.1. The Morgan fingerprint density at radius 3 is 2.14 bits per heavy atom. The van der Waals surface area contributed by atoms with Crippen molar-refractivity contribution in [2.24, 2.45) is 34.5 Å². The van der Waals surface area contributed by atoms with Gasteiger partial charge in [0, 0.05) is 6.42 Å². The summed E-state index contributed by atoms with van der Waals surface area (Å²) < 4.78 is 13.2. The second-order valence-electron chi connectivity index (χ2n) is 13.3. The van der Waals surface area contributed by atoms with E-state index < -0.39 is 16.6 Å². The highest BCUT2D eigenvalue weighted by Crippen LogP contribution is 2.66. The fraction of sp³-hybridized carbons (Fsp3) is 0.920. The SMILES string of the molecule is CC12CCC(O[Si](C)(C)C)=CC1CCC1C2CCC2(C)C(O[Si](C)(C)C)CCC12. The summed E-state index contributed by atoms with van der Waals surface area (Å²) in [6, 6.07) is 0. The van der Waals surface area contributed by atoms with E-state index in [2.05, 4.69) is 59.2 Å². The van der Waals surface area contributed by atoms with Gasteiger partial charge in [-0.15, -0.1) is 0 Å². The second kappa shape index (κ2) is 7.23. The molecule has 0 heterocycles. The van der Waals surface area contributed by atoms with E-state index in [1.165, 1.54) is 57.1 Å². The molecule has 0 N–H and O–H groups in total. The molecule has 7 unspecified atom stereocenters. The smallest absolute Gasteiger partial charge is 0.241 e. The Kier molecular flexibility index (Phi) is 5.52. The summed E-state index contributed by atoms with van der Waals surface area (Å²) in [5, 5.41) is 0. The maximum absolute atomic E-state index is 6.76. The van der Waals surface area contributed by atoms with Crippen LogP contribution in [-0.2, 0) is 8.85 Å². The van der Waals surface area contributed by atoms with Gasteiger partial charge in [-0.25, -0.2) is 0 Å². The Bertz CT molecular complexity index is 661. The van der Waals surface area contributed by atoms with Crippen molar-refractivity contribution in [2.75, 3.05) is 0 Å². The van der Waals surface area contributed by atoms with Crippen LogP contribution in [-0.4, -0.2) is 22.7 Å². The fourth-order valence-electron chi connectivity index (χ4n) is 7.88. The molecule has 0 aromatic carbocycles. The zero-order chi connectivity index (χ0) is 21.2. The van der Waals surface area contributed by atoms with Gasteiger partial charge in [0.25, 0.3) is 0 Å². The summed E-state index contributed by atoms with van der Waals surface area (Å²) in [6.07, 6.45) is 14.0. The molecular weight excluding hydrogens is 388 g/mol. The first-order chi connectivity index (χ1) is 13.3. The standard InChI is InChI=1S/C25H46O2Si2/c1-24-15-13-19(26-28(3,4)5)17-18(24)9-10-20-21-11-12-23(27-29(6,7)8)25(21,2)16-14-22(20)24/h17-18,20-23H,9-16H2,1-8H3. The van der Waals surface area contributed by atoms with Crippen LogP contribution in [0.3, 0.4) is 0 Å². The molecule has 3 fully saturated rings. The van der Waals surface area contributed by atoms with E-state index in [0.717, 1.165) is 23.7 Å². The fourth-order valence-corrected chi connectivity index (χ4v) is 10.1. The zero-order valence-corrected chi connectivity index (χ0v) is 22.4. The summed E-state index contributed by atoms with van der Waals surface area (Å²) in [6.45, 7) is 19.3. The van der Waals surface area contributed by atoms with Crippen LogP contribution in [0.15, 0.2) is 11.8 Å². The van der Waals surface area contributed by atoms with Crippen molar-refractivity contribution in [2.45, 2.75) is 111 Å². The molecule has 0 radical (unpaired) electrons. The van der Waals surface area contributed by atoms with Crippen LogP contribution in [0.1, 0.15) is 65.2 Å². The molecule has 0 aliphatic heterocycles. The lowest BCUT2D eigenvalue weighted by atomic mass is 9.46. The normalized spacial score (nSPS) is 45.1. The predicted molar refractivity (Wildman–Crippen MR) is 128 cm³/mol. The highest BCUT2D eigenvalue weighted by atomic mass is 28.4. The van der Waals surface area contributed by atoms with Gasteiger partial charge in [0.1, 0.15) is 0 Å². The largest absolute Gasteiger partial charge is 0.548 e. The van der Waals surface area contributed by atoms with Crippen molar-refractivity contribution < 1.29 is 8.85 Å². The zero-order valence-electron chi connectivity index (χ0n) is 20.4. The molecule has 0 bridgehead atoms. The van der Waals surface area contributed by atoms with E-state index in [-0.39, 0.29) is 0 Å². The first kappa shape index (κ1) is 22.1. The van der Waals surface area contributed by atoms with Crippen LogP contribution >= 0.6 is 0 Å². The van der Waals surface area contributed by atoms with Crippen LogP contribution in [0.25, 0.3) is 0 Å². The summed E-state index contributed by atoms with van der Waals surface area (Å²) in [5.74, 6) is 4.80. The van der Waals surface area contributed by atoms with E-state index in [4.69, 9.17) is 8.85 Å². The molecule has 0 aromatic heterocycles. The molecule has 2 nitrogen and oxygen atoms in total. The van der Waals surface area contributed by atoms with E-state index in [9.17, 15) is 0 Å². The molecule has 0 aromatic rings. The molecule has 4 rings (SSSR count). The van der Waals surface area contributed by atoms with Crippen LogP contribution in [0.4, 0.5) is 0 Å². The number of hydrogen-bond acceptors (Lipinski definition) is 2. The lowest BCUT2D eigenvalue weighted by molar-refractivity contribution is -0.103. The van der Waals surface area contributed by atoms with E-state index in [0.29, 0.717) is 16.9 Å². The summed E-state index contributed by atoms with van der Waals surface area (Å²) in [7, 11) is -2.97. The van der Waals surface area contributed by atoms with Gasteiger partial charge in [-0.05, 0) is 125 Å². The summed E-state index contributed by atoms with van der Waals surface area (Å²) in [4.78, 5) is 0. The third-order valence-electron chi connectivity index (χ3n) is 9.09. The monoisotopic (exact) mass is 434 g/mol. The van der Waals surface area contributed by atoms with Gasteiger partial charge in [-0.1, -0.05) is 13.8 Å². The summed E-state index contributed by atoms with van der Waals surface area (Å²) in [5.41, 5.74) is 0.926. The minimum Gasteiger partial charge on any atom is -0.548 e. The molecule has 4 aliphatic carbocycles. The number of hydrogen-bond donors (Lipinski definition) is 0. The van der Waals surface area contributed by atoms with Crippen molar-refractivity contribution in [3.05, 3.63) is 11.8 Å². The minimum absolute atomic E-state index is 0.432. The van der Waals surface area contributed by atoms with Gasteiger partial charge in [-0.2, -0.15) is 0 Å². The number of allylic oxidation sites excluding steroid dienone is 2. The Morgan fingerprint density at radius 2 is 1.48 bits per heavy atom. The number of fused-ring (bicyclic) bond motifs is 5. The highest BCUT2D eigenvalue weighted by Gasteiger charge is 2.60. The lowest BCUT2D eigenvalue weighted by Gasteiger charge is -2.60. The van der Waals surface area contributed by atoms with Gasteiger partial charge < -0.3 is 8.85 Å². The molecule has 4 heteroatoms. The molecule has 0 spiro atoms. The maximum atomic E-state index is 6.76. The Labute approximate surface area is 182 Å². The molecule has 0 amide bonds. The van der Waals surface area contributed by atoms with Crippen LogP contribution in [0.2, 0.25) is 39.3 Å². The Morgan fingerprint density at radius 1 is 0.793 bits per heavy atom. The molecule has 0 saturated heterocycles. The topological polar surface area (TPSA) is 18.5 Å². The number of rotatable bonds is 4. The predicted octanol–water partition coefficient (Wildman–Crippen LogP) is 7.59. The van der Waals surface area contributed by atoms with Crippen molar-refractivity contribution in [1.82, 2.24) is 0 Å². The third-order valence-corrected chi connectivity index (χ3v) is 11.0. The quantitative estimate of drug-likeness (QED) is 0.424. The van der Waals surface area contributed by atoms with Gasteiger partial charge in [0.2, 0.25) is 8.32 Å². The van der Waals surface area contributed by atoms with Crippen molar-refractivity contribution in [3.8, 4) is 0 Å². The third kappa shape index (κ3) is 4.07. The van der Waals surface area contributed by atoms with Gasteiger partial charge >= 0.3 is 0 Å². The van der Waals surface area contributed by atoms with E-state index in [1.807, 2.05) is 0 Å². The molecule has 7 atom stereocenters. The molecule has 166 valence electrons. The molecule has 3 saturated carbocycles. The molecular formula is C25H46O2Si2. The van der Waals surface area contributed by atoms with Crippen LogP contribution in [0, 0.1) is 34.5 Å². The first-order valence-electron chi connectivity index (χ1n) is 12.4. The Hall–Kier alpha value is -0.0662. The maximum Gasteiger partial charge on any atom is 0.241 e. The van der Waals surface area contributed by atoms with Gasteiger partial charge in [0.15, 0.2) is 8.32 Å². The average molecular weight is 435 g/mol. The highest BCUT2D eigenvalue weighted by molar-refractivity contribution is 6.70. The molecule has 29 heavy (non-hydrogen) atoms. The van der Waals surface area contributed by atoms with Crippen molar-refractivity contribution >= 4 is 16.6 Å². The van der Waals surface area contributed by atoms with E-state index in [1.54, 1.807) is 0 Å². The van der Waals surface area contributed by atoms with Crippen LogP contribution in [0.5, 0.6) is 0 Å². The van der Waals surface area contributed by atoms with Crippen molar-refractivity contribution in [3.63, 3.8) is 0 Å². The summed E-state index contributed by atoms with van der Waals surface area (Å²) >= 11 is 0. The average Bonchev–Trinajstić information content (AvgIpc) is 2.89. The molecule has 4 aliphatic rings. The first-order valence-corrected chi connectivity index (χ1v) is 19.2. The van der Waals surface area contributed by atoms with Gasteiger partial charge in [0.05, 0.1) is 11.9 Å².